The highest BCUT2D eigenvalue weighted by Gasteiger charge is 2.19. The van der Waals surface area contributed by atoms with E-state index in [0.29, 0.717) is 0 Å². The van der Waals surface area contributed by atoms with Gasteiger partial charge in [-0.1, -0.05) is 6.42 Å². The van der Waals surface area contributed by atoms with Crippen molar-refractivity contribution in [2.75, 3.05) is 45.9 Å². The van der Waals surface area contributed by atoms with E-state index >= 15 is 0 Å². The predicted molar refractivity (Wildman–Crippen MR) is 64.5 cm³/mol. The molecule has 0 aromatic rings. The molecule has 0 amide bonds. The molecular formula is C11H23N3O3. The zero-order chi connectivity index (χ0) is 12.5. The highest BCUT2D eigenvalue weighted by molar-refractivity contribution is 5.68. The number of hydrogen-bond acceptors (Lipinski definition) is 5. The first kappa shape index (κ1) is 14.4. The third kappa shape index (κ3) is 5.97. The number of nitrogens with zero attached hydrogens (tertiary/aromatic N) is 2. The van der Waals surface area contributed by atoms with Crippen LogP contribution in [0.15, 0.2) is 0 Å². The molecule has 2 aliphatic rings. The van der Waals surface area contributed by atoms with Crippen LogP contribution in [0, 0.1) is 0 Å². The Morgan fingerprint density at radius 1 is 1.06 bits per heavy atom. The number of ether oxygens (including phenoxy) is 1. The van der Waals surface area contributed by atoms with Gasteiger partial charge in [-0.05, 0) is 12.8 Å². The summed E-state index contributed by atoms with van der Waals surface area (Å²) in [5.74, 6) is -0.968. The standard InChI is InChI=1S/C9H18N2O.C2H5NO2/c1-2-4-10(5-3-1)11-6-8-12-9-7-11;3-1-2(4)5/h1-9H2;1,3H2,(H,4,5). The van der Waals surface area contributed by atoms with Crippen LogP contribution >= 0.6 is 0 Å². The number of hydrogen-bond donors (Lipinski definition) is 2. The number of nitrogens with two attached hydrogens (primary N) is 1. The summed E-state index contributed by atoms with van der Waals surface area (Å²) < 4.78 is 5.32. The summed E-state index contributed by atoms with van der Waals surface area (Å²) in [6.07, 6.45) is 4.16. The highest BCUT2D eigenvalue weighted by Crippen LogP contribution is 2.12. The molecule has 0 aromatic heterocycles. The lowest BCUT2D eigenvalue weighted by molar-refractivity contribution is -0.135. The molecule has 0 aliphatic carbocycles. The highest BCUT2D eigenvalue weighted by atomic mass is 16.5. The van der Waals surface area contributed by atoms with E-state index in [9.17, 15) is 4.79 Å². The van der Waals surface area contributed by atoms with Crippen molar-refractivity contribution in [3.8, 4) is 0 Å². The van der Waals surface area contributed by atoms with E-state index in [4.69, 9.17) is 9.84 Å². The Morgan fingerprint density at radius 2 is 1.53 bits per heavy atom. The van der Waals surface area contributed by atoms with Gasteiger partial charge in [0, 0.05) is 26.2 Å². The molecule has 0 radical (unpaired) electrons. The van der Waals surface area contributed by atoms with Crippen LogP contribution in [0.1, 0.15) is 19.3 Å². The van der Waals surface area contributed by atoms with Gasteiger partial charge in [-0.15, -0.1) is 0 Å². The average Bonchev–Trinajstić information content (AvgIpc) is 2.41. The lowest BCUT2D eigenvalue weighted by Crippen LogP contribution is -2.50. The minimum Gasteiger partial charge on any atom is -0.480 e. The average molecular weight is 245 g/mol. The van der Waals surface area contributed by atoms with Crippen LogP contribution in [0.5, 0.6) is 0 Å². The Labute approximate surface area is 102 Å². The number of piperidine rings is 1. The number of aliphatic carboxylic acids is 1. The van der Waals surface area contributed by atoms with Gasteiger partial charge < -0.3 is 15.6 Å². The smallest absolute Gasteiger partial charge is 0.317 e. The van der Waals surface area contributed by atoms with Gasteiger partial charge in [0.2, 0.25) is 0 Å². The van der Waals surface area contributed by atoms with E-state index in [-0.39, 0.29) is 6.54 Å². The molecule has 2 aliphatic heterocycles. The van der Waals surface area contributed by atoms with Gasteiger partial charge in [0.05, 0.1) is 19.8 Å². The van der Waals surface area contributed by atoms with Gasteiger partial charge in [0.25, 0.3) is 0 Å². The molecule has 2 heterocycles. The molecule has 2 rings (SSSR count). The molecule has 100 valence electrons. The fraction of sp³-hybridized carbons (Fsp3) is 0.909. The van der Waals surface area contributed by atoms with Crippen molar-refractivity contribution in [3.63, 3.8) is 0 Å². The number of carboxylic acids is 1. The quantitative estimate of drug-likeness (QED) is 0.698. The number of hydrazine groups is 1. The van der Waals surface area contributed by atoms with E-state index in [1.165, 1.54) is 32.4 Å². The lowest BCUT2D eigenvalue weighted by Gasteiger charge is -2.39. The maximum atomic E-state index is 9.24. The van der Waals surface area contributed by atoms with Crippen LogP contribution in [-0.2, 0) is 9.53 Å². The number of rotatable bonds is 2. The summed E-state index contributed by atoms with van der Waals surface area (Å²) in [5, 5.41) is 12.6. The van der Waals surface area contributed by atoms with Gasteiger partial charge >= 0.3 is 5.97 Å². The molecule has 0 bridgehead atoms. The zero-order valence-corrected chi connectivity index (χ0v) is 10.3. The van der Waals surface area contributed by atoms with E-state index in [0.717, 1.165) is 26.3 Å². The minimum atomic E-state index is -0.968. The Hall–Kier alpha value is -0.690. The van der Waals surface area contributed by atoms with Crippen molar-refractivity contribution in [2.45, 2.75) is 19.3 Å². The molecule has 0 atom stereocenters. The van der Waals surface area contributed by atoms with Gasteiger partial charge in [0.1, 0.15) is 0 Å². The second-order valence-electron chi connectivity index (χ2n) is 4.18. The Morgan fingerprint density at radius 3 is 2.00 bits per heavy atom. The van der Waals surface area contributed by atoms with Crippen LogP contribution in [0.3, 0.4) is 0 Å². The second-order valence-corrected chi connectivity index (χ2v) is 4.18. The Bertz CT molecular complexity index is 198. The molecular weight excluding hydrogens is 222 g/mol. The van der Waals surface area contributed by atoms with Crippen molar-refractivity contribution < 1.29 is 14.6 Å². The predicted octanol–water partition coefficient (Wildman–Crippen LogP) is -0.251. The topological polar surface area (TPSA) is 79.0 Å². The van der Waals surface area contributed by atoms with E-state index in [2.05, 4.69) is 15.8 Å². The fourth-order valence-corrected chi connectivity index (χ4v) is 2.00. The van der Waals surface area contributed by atoms with Gasteiger partial charge in [-0.25, -0.2) is 10.0 Å². The first-order valence-corrected chi connectivity index (χ1v) is 6.23. The molecule has 0 spiro atoms. The fourth-order valence-electron chi connectivity index (χ4n) is 2.00. The lowest BCUT2D eigenvalue weighted by atomic mass is 10.2. The summed E-state index contributed by atoms with van der Waals surface area (Å²) in [6, 6.07) is 0. The van der Waals surface area contributed by atoms with Crippen molar-refractivity contribution in [3.05, 3.63) is 0 Å². The molecule has 17 heavy (non-hydrogen) atoms. The molecule has 0 aromatic carbocycles. The van der Waals surface area contributed by atoms with Gasteiger partial charge in [-0.2, -0.15) is 0 Å². The summed E-state index contributed by atoms with van der Waals surface area (Å²) in [7, 11) is 0. The minimum absolute atomic E-state index is 0.278. The van der Waals surface area contributed by atoms with Crippen molar-refractivity contribution in [2.24, 2.45) is 5.73 Å². The summed E-state index contributed by atoms with van der Waals surface area (Å²) in [4.78, 5) is 9.24. The number of morpholine rings is 1. The summed E-state index contributed by atoms with van der Waals surface area (Å²) >= 11 is 0. The SMILES string of the molecule is C1CCN(N2CCOCC2)CC1.NCC(=O)O. The maximum Gasteiger partial charge on any atom is 0.317 e. The molecule has 6 nitrogen and oxygen atoms in total. The number of carboxylic acid groups (broad SMARTS) is 1. The number of carbonyl (C=O) groups is 1. The van der Waals surface area contributed by atoms with Crippen molar-refractivity contribution >= 4 is 5.97 Å². The Balaban J connectivity index is 0.000000249. The monoisotopic (exact) mass is 245 g/mol. The van der Waals surface area contributed by atoms with Crippen LogP contribution in [0.25, 0.3) is 0 Å². The normalized spacial score (nSPS) is 22.6. The zero-order valence-electron chi connectivity index (χ0n) is 10.3. The van der Waals surface area contributed by atoms with Crippen molar-refractivity contribution in [1.82, 2.24) is 10.0 Å². The Kier molecular flexibility index (Phi) is 7.11. The summed E-state index contributed by atoms with van der Waals surface area (Å²) in [5.41, 5.74) is 4.57. The summed E-state index contributed by atoms with van der Waals surface area (Å²) in [6.45, 7) is 6.27. The van der Waals surface area contributed by atoms with Gasteiger partial charge in [0.15, 0.2) is 0 Å². The molecule has 0 saturated carbocycles. The van der Waals surface area contributed by atoms with Crippen molar-refractivity contribution in [1.29, 1.82) is 0 Å². The van der Waals surface area contributed by atoms with Gasteiger partial charge in [-0.3, -0.25) is 4.79 Å². The second kappa shape index (κ2) is 8.41. The van der Waals surface area contributed by atoms with Crippen LogP contribution in [0.4, 0.5) is 0 Å². The maximum absolute atomic E-state index is 9.24. The molecule has 2 saturated heterocycles. The first-order chi connectivity index (χ1) is 8.24. The third-order valence-electron chi connectivity index (χ3n) is 2.89. The first-order valence-electron chi connectivity index (χ1n) is 6.23. The molecule has 2 fully saturated rings. The van der Waals surface area contributed by atoms with E-state index < -0.39 is 5.97 Å². The van der Waals surface area contributed by atoms with E-state index in [1.54, 1.807) is 0 Å². The van der Waals surface area contributed by atoms with Crippen LogP contribution in [0.2, 0.25) is 0 Å². The van der Waals surface area contributed by atoms with E-state index in [1.807, 2.05) is 0 Å². The third-order valence-corrected chi connectivity index (χ3v) is 2.89. The molecule has 6 heteroatoms. The molecule has 3 N–H and O–H groups in total. The largest absolute Gasteiger partial charge is 0.480 e. The molecule has 0 unspecified atom stereocenters. The van der Waals surface area contributed by atoms with Crippen LogP contribution < -0.4 is 5.73 Å². The van der Waals surface area contributed by atoms with Crippen LogP contribution in [-0.4, -0.2) is 67.0 Å².